The van der Waals surface area contributed by atoms with E-state index in [1.807, 2.05) is 0 Å². The predicted molar refractivity (Wildman–Crippen MR) is 94.4 cm³/mol. The van der Waals surface area contributed by atoms with Gasteiger partial charge in [0.05, 0.1) is 11.8 Å². The fourth-order valence-corrected chi connectivity index (χ4v) is 5.78. The molecule has 25 heavy (non-hydrogen) atoms. The number of nitrogens with zero attached hydrogens (tertiary/aromatic N) is 1. The third-order valence-corrected chi connectivity index (χ3v) is 6.26. The molecule has 0 atom stereocenters. The van der Waals surface area contributed by atoms with Gasteiger partial charge in [0.25, 0.3) is 0 Å². The molecule has 1 aromatic rings. The molecule has 0 aliphatic heterocycles. The summed E-state index contributed by atoms with van der Waals surface area (Å²) in [4.78, 5) is 23.2. The van der Waals surface area contributed by atoms with Crippen LogP contribution in [0.25, 0.3) is 0 Å². The Balaban J connectivity index is 1.33. The first-order chi connectivity index (χ1) is 12.0. The van der Waals surface area contributed by atoms with E-state index < -0.39 is 5.97 Å². The van der Waals surface area contributed by atoms with Gasteiger partial charge in [0.15, 0.2) is 0 Å². The van der Waals surface area contributed by atoms with Crippen molar-refractivity contribution >= 4 is 18.1 Å². The Morgan fingerprint density at radius 2 is 1.64 bits per heavy atom. The van der Waals surface area contributed by atoms with E-state index in [2.05, 4.69) is 10.5 Å². The van der Waals surface area contributed by atoms with Gasteiger partial charge in [0.2, 0.25) is 5.91 Å². The van der Waals surface area contributed by atoms with Gasteiger partial charge in [-0.2, -0.15) is 5.10 Å². The zero-order valence-corrected chi connectivity index (χ0v) is 14.3. The van der Waals surface area contributed by atoms with E-state index in [9.17, 15) is 9.59 Å². The SMILES string of the molecule is O=C(CC12CC3CC(CC(C3)C1)C2)NN=Cc1ccc(C(=O)O)cc1. The average molecular weight is 340 g/mol. The maximum Gasteiger partial charge on any atom is 0.335 e. The molecule has 1 aromatic carbocycles. The summed E-state index contributed by atoms with van der Waals surface area (Å²) in [6.07, 6.45) is 9.93. The second-order valence-corrected chi connectivity index (χ2v) is 8.31. The van der Waals surface area contributed by atoms with Crippen molar-refractivity contribution in [2.75, 3.05) is 0 Å². The fourth-order valence-electron chi connectivity index (χ4n) is 5.78. The van der Waals surface area contributed by atoms with Gasteiger partial charge in [0.1, 0.15) is 0 Å². The normalized spacial score (nSPS) is 32.9. The van der Waals surface area contributed by atoms with E-state index in [0.29, 0.717) is 6.42 Å². The molecule has 0 radical (unpaired) electrons. The Morgan fingerprint density at radius 3 is 2.16 bits per heavy atom. The minimum absolute atomic E-state index is 0.000330. The highest BCUT2D eigenvalue weighted by Crippen LogP contribution is 2.61. The van der Waals surface area contributed by atoms with Gasteiger partial charge < -0.3 is 5.11 Å². The van der Waals surface area contributed by atoms with E-state index in [4.69, 9.17) is 5.11 Å². The second-order valence-electron chi connectivity index (χ2n) is 8.31. The highest BCUT2D eigenvalue weighted by Gasteiger charge is 2.51. The van der Waals surface area contributed by atoms with Crippen LogP contribution in [0.5, 0.6) is 0 Å². The quantitative estimate of drug-likeness (QED) is 0.636. The van der Waals surface area contributed by atoms with Crippen molar-refractivity contribution in [3.8, 4) is 0 Å². The third-order valence-electron chi connectivity index (χ3n) is 6.26. The molecule has 0 saturated heterocycles. The molecule has 0 aromatic heterocycles. The summed E-state index contributed by atoms with van der Waals surface area (Å²) >= 11 is 0. The highest BCUT2D eigenvalue weighted by atomic mass is 16.4. The van der Waals surface area contributed by atoms with Gasteiger partial charge >= 0.3 is 5.97 Å². The van der Waals surface area contributed by atoms with E-state index in [1.165, 1.54) is 50.7 Å². The molecule has 132 valence electrons. The van der Waals surface area contributed by atoms with Crippen LogP contribution in [-0.4, -0.2) is 23.2 Å². The molecule has 4 fully saturated rings. The van der Waals surface area contributed by atoms with Crippen LogP contribution in [0.15, 0.2) is 29.4 Å². The molecule has 4 aliphatic rings. The number of nitrogens with one attached hydrogen (secondary N) is 1. The number of hydrazone groups is 1. The lowest BCUT2D eigenvalue weighted by molar-refractivity contribution is -0.129. The first-order valence-electron chi connectivity index (χ1n) is 9.17. The van der Waals surface area contributed by atoms with E-state index in [-0.39, 0.29) is 16.9 Å². The maximum absolute atomic E-state index is 12.4. The summed E-state index contributed by atoms with van der Waals surface area (Å²) in [7, 11) is 0. The lowest BCUT2D eigenvalue weighted by Crippen LogP contribution is -2.47. The van der Waals surface area contributed by atoms with Crippen LogP contribution < -0.4 is 5.43 Å². The number of aromatic carboxylic acids is 1. The minimum atomic E-state index is -0.952. The van der Waals surface area contributed by atoms with E-state index in [1.54, 1.807) is 18.3 Å². The molecule has 0 heterocycles. The number of carbonyl (C=O) groups excluding carboxylic acids is 1. The first kappa shape index (κ1) is 16.3. The standard InChI is InChI=1S/C20H24N2O3/c23-18(22-21-12-13-1-3-17(4-2-13)19(24)25)11-20-8-14-5-15(9-20)7-16(6-14)10-20/h1-4,12,14-16H,5-11H2,(H,22,23)(H,24,25). The van der Waals surface area contributed by atoms with Gasteiger partial charge in [-0.3, -0.25) is 4.79 Å². The zero-order chi connectivity index (χ0) is 17.4. The second kappa shape index (κ2) is 6.28. The Labute approximate surface area is 147 Å². The average Bonchev–Trinajstić information content (AvgIpc) is 2.53. The summed E-state index contributed by atoms with van der Waals surface area (Å²) in [5, 5.41) is 12.9. The van der Waals surface area contributed by atoms with Crippen LogP contribution in [0.3, 0.4) is 0 Å². The minimum Gasteiger partial charge on any atom is -0.478 e. The molecule has 1 amide bonds. The van der Waals surface area contributed by atoms with Crippen molar-refractivity contribution in [1.29, 1.82) is 0 Å². The topological polar surface area (TPSA) is 78.8 Å². The van der Waals surface area contributed by atoms with Gasteiger partial charge in [-0.25, -0.2) is 10.2 Å². The molecule has 0 unspecified atom stereocenters. The Kier molecular flexibility index (Phi) is 4.10. The van der Waals surface area contributed by atoms with Crippen molar-refractivity contribution in [2.24, 2.45) is 28.3 Å². The summed E-state index contributed by atoms with van der Waals surface area (Å²) < 4.78 is 0. The molecule has 5 heteroatoms. The molecular weight excluding hydrogens is 316 g/mol. The molecule has 4 saturated carbocycles. The Hall–Kier alpha value is -2.17. The third kappa shape index (κ3) is 3.46. The molecule has 2 N–H and O–H groups in total. The summed E-state index contributed by atoms with van der Waals surface area (Å²) in [5.74, 6) is 1.58. The molecule has 4 bridgehead atoms. The van der Waals surface area contributed by atoms with Crippen LogP contribution in [0.1, 0.15) is 60.9 Å². The number of carboxylic acid groups (broad SMARTS) is 1. The van der Waals surface area contributed by atoms with Crippen LogP contribution >= 0.6 is 0 Å². The Morgan fingerprint density at radius 1 is 1.08 bits per heavy atom. The molecule has 0 spiro atoms. The first-order valence-corrected chi connectivity index (χ1v) is 9.17. The monoisotopic (exact) mass is 340 g/mol. The van der Waals surface area contributed by atoms with Crippen molar-refractivity contribution in [2.45, 2.75) is 44.9 Å². The van der Waals surface area contributed by atoms with Gasteiger partial charge in [-0.15, -0.1) is 0 Å². The molecule has 5 rings (SSSR count). The van der Waals surface area contributed by atoms with Crippen LogP contribution in [-0.2, 0) is 4.79 Å². The van der Waals surface area contributed by atoms with Gasteiger partial charge in [-0.05, 0) is 79.4 Å². The van der Waals surface area contributed by atoms with Crippen molar-refractivity contribution in [1.82, 2.24) is 5.43 Å². The van der Waals surface area contributed by atoms with Crippen LogP contribution in [0.2, 0.25) is 0 Å². The predicted octanol–water partition coefficient (Wildman–Crippen LogP) is 3.44. The van der Waals surface area contributed by atoms with Crippen molar-refractivity contribution in [3.05, 3.63) is 35.4 Å². The van der Waals surface area contributed by atoms with E-state index >= 15 is 0 Å². The summed E-state index contributed by atoms with van der Waals surface area (Å²) in [6, 6.07) is 6.41. The Bertz CT molecular complexity index is 673. The van der Waals surface area contributed by atoms with E-state index in [0.717, 1.165) is 23.3 Å². The van der Waals surface area contributed by atoms with Gasteiger partial charge in [0, 0.05) is 6.42 Å². The number of hydrogen-bond donors (Lipinski definition) is 2. The number of carbonyl (C=O) groups is 2. The fraction of sp³-hybridized carbons (Fsp3) is 0.550. The number of benzene rings is 1. The van der Waals surface area contributed by atoms with Gasteiger partial charge in [-0.1, -0.05) is 12.1 Å². The lowest BCUT2D eigenvalue weighted by Gasteiger charge is -2.56. The number of amides is 1. The maximum atomic E-state index is 12.4. The van der Waals surface area contributed by atoms with Crippen LogP contribution in [0.4, 0.5) is 0 Å². The molecule has 4 aliphatic carbocycles. The summed E-state index contributed by atoms with van der Waals surface area (Å²) in [5.41, 5.74) is 3.88. The highest BCUT2D eigenvalue weighted by molar-refractivity contribution is 5.89. The zero-order valence-electron chi connectivity index (χ0n) is 14.3. The van der Waals surface area contributed by atoms with Crippen LogP contribution in [0, 0.1) is 23.2 Å². The van der Waals surface area contributed by atoms with Crippen molar-refractivity contribution in [3.63, 3.8) is 0 Å². The van der Waals surface area contributed by atoms with Crippen molar-refractivity contribution < 1.29 is 14.7 Å². The molecule has 5 nitrogen and oxygen atoms in total. The molecular formula is C20H24N2O3. The smallest absolute Gasteiger partial charge is 0.335 e. The number of hydrogen-bond acceptors (Lipinski definition) is 3. The number of carboxylic acids is 1. The lowest BCUT2D eigenvalue weighted by atomic mass is 9.49. The number of rotatable bonds is 5. The summed E-state index contributed by atoms with van der Waals surface area (Å²) in [6.45, 7) is 0. The largest absolute Gasteiger partial charge is 0.478 e.